The van der Waals surface area contributed by atoms with Crippen LogP contribution in [0.15, 0.2) is 59.8 Å². The van der Waals surface area contributed by atoms with E-state index in [9.17, 15) is 4.79 Å². The summed E-state index contributed by atoms with van der Waals surface area (Å²) in [5, 5.41) is 15.2. The van der Waals surface area contributed by atoms with E-state index >= 15 is 0 Å². The zero-order valence-electron chi connectivity index (χ0n) is 16.1. The third kappa shape index (κ3) is 5.10. The van der Waals surface area contributed by atoms with Gasteiger partial charge in [0, 0.05) is 5.69 Å². The van der Waals surface area contributed by atoms with E-state index < -0.39 is 0 Å². The number of tetrazole rings is 1. The number of nitrogens with zero attached hydrogens (tertiary/aromatic N) is 4. The van der Waals surface area contributed by atoms with Crippen molar-refractivity contribution in [2.45, 2.75) is 30.8 Å². The van der Waals surface area contributed by atoms with Crippen LogP contribution in [-0.2, 0) is 11.3 Å². The highest BCUT2D eigenvalue weighted by Crippen LogP contribution is 2.28. The maximum absolute atomic E-state index is 12.9. The van der Waals surface area contributed by atoms with E-state index in [4.69, 9.17) is 4.74 Å². The monoisotopic (exact) mass is 397 g/mol. The van der Waals surface area contributed by atoms with Gasteiger partial charge in [-0.1, -0.05) is 55.9 Å². The van der Waals surface area contributed by atoms with Gasteiger partial charge in [-0.25, -0.2) is 4.68 Å². The molecule has 1 N–H and O–H groups in total. The highest BCUT2D eigenvalue weighted by Gasteiger charge is 2.26. The van der Waals surface area contributed by atoms with Gasteiger partial charge in [-0.05, 0) is 46.2 Å². The summed E-state index contributed by atoms with van der Waals surface area (Å²) >= 11 is 1.37. The fourth-order valence-corrected chi connectivity index (χ4v) is 3.60. The molecule has 3 rings (SSSR count). The van der Waals surface area contributed by atoms with Gasteiger partial charge in [-0.3, -0.25) is 4.79 Å². The van der Waals surface area contributed by atoms with Crippen LogP contribution in [-0.4, -0.2) is 38.5 Å². The summed E-state index contributed by atoms with van der Waals surface area (Å²) < 4.78 is 6.87. The summed E-state index contributed by atoms with van der Waals surface area (Å²) in [6.45, 7) is 4.58. The van der Waals surface area contributed by atoms with E-state index in [0.717, 1.165) is 17.0 Å². The molecule has 2 aromatic carbocycles. The van der Waals surface area contributed by atoms with Gasteiger partial charge in [-0.15, -0.1) is 5.10 Å². The number of hydrogen-bond acceptors (Lipinski definition) is 6. The summed E-state index contributed by atoms with van der Waals surface area (Å²) in [5.74, 6) is 0.762. The largest absolute Gasteiger partial charge is 0.497 e. The van der Waals surface area contributed by atoms with Gasteiger partial charge in [0.05, 0.1) is 18.9 Å². The van der Waals surface area contributed by atoms with Crippen LogP contribution >= 0.6 is 11.8 Å². The SMILES string of the molecule is COc1ccc(NC(=O)[C@H](Sc2nnnn2Cc2ccccc2)C(C)C)cc1. The molecule has 0 fully saturated rings. The number of carbonyl (C=O) groups is 1. The van der Waals surface area contributed by atoms with Gasteiger partial charge in [0.1, 0.15) is 5.75 Å². The number of benzene rings is 2. The number of amides is 1. The zero-order chi connectivity index (χ0) is 19.9. The number of nitrogens with one attached hydrogen (secondary N) is 1. The molecule has 1 amide bonds. The smallest absolute Gasteiger partial charge is 0.238 e. The Kier molecular flexibility index (Phi) is 6.65. The number of thioether (sulfide) groups is 1. The standard InChI is InChI=1S/C20H23N5O2S/c1-14(2)18(19(26)21-16-9-11-17(27-3)12-10-16)28-20-22-23-24-25(20)13-15-7-5-4-6-8-15/h4-12,14,18H,13H2,1-3H3,(H,21,26)/t18-/m1/s1. The van der Waals surface area contributed by atoms with Crippen LogP contribution in [0.5, 0.6) is 5.75 Å². The lowest BCUT2D eigenvalue weighted by Crippen LogP contribution is -2.30. The molecule has 0 spiro atoms. The number of aromatic nitrogens is 4. The second kappa shape index (κ2) is 9.36. The molecule has 0 aliphatic heterocycles. The Morgan fingerprint density at radius 2 is 1.86 bits per heavy atom. The normalized spacial score (nSPS) is 12.0. The first-order valence-electron chi connectivity index (χ1n) is 8.98. The van der Waals surface area contributed by atoms with Crippen molar-refractivity contribution < 1.29 is 9.53 Å². The van der Waals surface area contributed by atoms with Crippen LogP contribution in [0.25, 0.3) is 0 Å². The van der Waals surface area contributed by atoms with Crippen LogP contribution in [0.3, 0.4) is 0 Å². The Bertz CT molecular complexity index is 896. The molecule has 0 saturated heterocycles. The molecule has 8 heteroatoms. The van der Waals surface area contributed by atoms with Crippen molar-refractivity contribution in [3.05, 3.63) is 60.2 Å². The van der Waals surface area contributed by atoms with Gasteiger partial charge in [0.15, 0.2) is 0 Å². The third-order valence-electron chi connectivity index (χ3n) is 4.13. The van der Waals surface area contributed by atoms with E-state index in [0.29, 0.717) is 11.7 Å². The van der Waals surface area contributed by atoms with Gasteiger partial charge in [0.25, 0.3) is 0 Å². The fourth-order valence-electron chi connectivity index (χ4n) is 2.63. The predicted molar refractivity (Wildman–Crippen MR) is 109 cm³/mol. The molecule has 0 bridgehead atoms. The Morgan fingerprint density at radius 1 is 1.14 bits per heavy atom. The highest BCUT2D eigenvalue weighted by atomic mass is 32.2. The second-order valence-corrected chi connectivity index (χ2v) is 7.71. The number of rotatable bonds is 8. The van der Waals surface area contributed by atoms with Crippen molar-refractivity contribution in [3.8, 4) is 5.75 Å². The molecule has 1 atom stereocenters. The van der Waals surface area contributed by atoms with E-state index in [1.165, 1.54) is 11.8 Å². The summed E-state index contributed by atoms with van der Waals surface area (Å²) in [7, 11) is 1.61. The number of ether oxygens (including phenoxy) is 1. The number of methoxy groups -OCH3 is 1. The molecule has 0 aliphatic rings. The Hall–Kier alpha value is -2.87. The van der Waals surface area contributed by atoms with Crippen LogP contribution in [0.1, 0.15) is 19.4 Å². The third-order valence-corrected chi connectivity index (χ3v) is 5.64. The quantitative estimate of drug-likeness (QED) is 0.586. The minimum Gasteiger partial charge on any atom is -0.497 e. The molecule has 0 radical (unpaired) electrons. The lowest BCUT2D eigenvalue weighted by Gasteiger charge is -2.19. The van der Waals surface area contributed by atoms with Crippen LogP contribution < -0.4 is 10.1 Å². The summed E-state index contributed by atoms with van der Waals surface area (Å²) in [4.78, 5) is 12.9. The lowest BCUT2D eigenvalue weighted by atomic mass is 10.1. The maximum Gasteiger partial charge on any atom is 0.238 e. The van der Waals surface area contributed by atoms with Crippen molar-refractivity contribution in [2.75, 3.05) is 12.4 Å². The van der Waals surface area contributed by atoms with Crippen molar-refractivity contribution in [1.82, 2.24) is 20.2 Å². The van der Waals surface area contributed by atoms with Crippen molar-refractivity contribution in [1.29, 1.82) is 0 Å². The highest BCUT2D eigenvalue weighted by molar-refractivity contribution is 8.00. The average molecular weight is 398 g/mol. The molecule has 0 unspecified atom stereocenters. The van der Waals surface area contributed by atoms with Crippen LogP contribution in [0.2, 0.25) is 0 Å². The Labute approximate surface area is 168 Å². The average Bonchev–Trinajstić information content (AvgIpc) is 3.14. The summed E-state index contributed by atoms with van der Waals surface area (Å²) in [6.07, 6.45) is 0. The molecule has 0 saturated carbocycles. The van der Waals surface area contributed by atoms with Gasteiger partial charge in [-0.2, -0.15) is 0 Å². The molecule has 146 valence electrons. The molecule has 3 aromatic rings. The van der Waals surface area contributed by atoms with E-state index in [1.54, 1.807) is 11.8 Å². The first-order valence-corrected chi connectivity index (χ1v) is 9.86. The predicted octanol–water partition coefficient (Wildman–Crippen LogP) is 3.49. The molecule has 28 heavy (non-hydrogen) atoms. The molecular weight excluding hydrogens is 374 g/mol. The molecule has 1 aromatic heterocycles. The van der Waals surface area contributed by atoms with E-state index in [1.807, 2.05) is 68.4 Å². The van der Waals surface area contributed by atoms with Gasteiger partial charge >= 0.3 is 0 Å². The number of hydrogen-bond donors (Lipinski definition) is 1. The van der Waals surface area contributed by atoms with Crippen molar-refractivity contribution in [3.63, 3.8) is 0 Å². The number of anilines is 1. The Morgan fingerprint density at radius 3 is 2.50 bits per heavy atom. The van der Waals surface area contributed by atoms with Gasteiger partial charge < -0.3 is 10.1 Å². The fraction of sp³-hybridized carbons (Fsp3) is 0.300. The van der Waals surface area contributed by atoms with Crippen LogP contribution in [0.4, 0.5) is 5.69 Å². The minimum absolute atomic E-state index is 0.0839. The lowest BCUT2D eigenvalue weighted by molar-refractivity contribution is -0.116. The first kappa shape index (κ1) is 19.9. The van der Waals surface area contributed by atoms with Crippen molar-refractivity contribution >= 4 is 23.4 Å². The van der Waals surface area contributed by atoms with Gasteiger partial charge in [0.2, 0.25) is 11.1 Å². The Balaban J connectivity index is 1.71. The number of carbonyl (C=O) groups excluding carboxylic acids is 1. The van der Waals surface area contributed by atoms with Crippen molar-refractivity contribution in [2.24, 2.45) is 5.92 Å². The van der Waals surface area contributed by atoms with E-state index in [-0.39, 0.29) is 17.1 Å². The minimum atomic E-state index is -0.331. The van der Waals surface area contributed by atoms with Crippen LogP contribution in [0, 0.1) is 5.92 Å². The van der Waals surface area contributed by atoms with E-state index in [2.05, 4.69) is 20.8 Å². The zero-order valence-corrected chi connectivity index (χ0v) is 16.9. The maximum atomic E-state index is 12.9. The summed E-state index contributed by atoms with van der Waals surface area (Å²) in [5.41, 5.74) is 1.82. The topological polar surface area (TPSA) is 81.9 Å². The second-order valence-electron chi connectivity index (χ2n) is 6.60. The molecule has 1 heterocycles. The molecule has 0 aliphatic carbocycles. The molecule has 7 nitrogen and oxygen atoms in total. The summed E-state index contributed by atoms with van der Waals surface area (Å²) in [6, 6.07) is 17.2. The molecular formula is C20H23N5O2S. The first-order chi connectivity index (χ1) is 13.6.